The van der Waals surface area contributed by atoms with Crippen molar-refractivity contribution >= 4 is 0 Å². The van der Waals surface area contributed by atoms with Crippen molar-refractivity contribution in [2.45, 2.75) is 44.9 Å². The van der Waals surface area contributed by atoms with E-state index in [-0.39, 0.29) is 5.41 Å². The highest BCUT2D eigenvalue weighted by Gasteiger charge is 2.32. The van der Waals surface area contributed by atoms with Gasteiger partial charge >= 0.3 is 0 Å². The molecular weight excluding hydrogens is 284 g/mol. The van der Waals surface area contributed by atoms with Crippen LogP contribution in [0.4, 0.5) is 0 Å². The molecule has 2 aromatic rings. The molecule has 0 aliphatic rings. The molecule has 0 aromatic heterocycles. The Morgan fingerprint density at radius 1 is 0.652 bits per heavy atom. The van der Waals surface area contributed by atoms with Crippen LogP contribution in [0.25, 0.3) is 0 Å². The van der Waals surface area contributed by atoms with Crippen LogP contribution in [0.2, 0.25) is 0 Å². The zero-order valence-electron chi connectivity index (χ0n) is 14.8. The number of ether oxygens (including phenoxy) is 2. The van der Waals surface area contributed by atoms with Crippen LogP contribution in [0.5, 0.6) is 11.5 Å². The van der Waals surface area contributed by atoms with Crippen LogP contribution in [-0.2, 0) is 5.41 Å². The fraction of sp³-hybridized carbons (Fsp3) is 0.429. The molecule has 0 amide bonds. The van der Waals surface area contributed by atoms with Gasteiger partial charge in [0.05, 0.1) is 14.2 Å². The van der Waals surface area contributed by atoms with Crippen LogP contribution in [0.15, 0.2) is 48.5 Å². The molecular formula is C21H28O2. The second-order valence-electron chi connectivity index (χ2n) is 6.04. The Hall–Kier alpha value is -1.96. The van der Waals surface area contributed by atoms with Crippen molar-refractivity contribution < 1.29 is 9.47 Å². The standard InChI is InChI=1S/C21H28O2/c1-5-15-21(16-6-2,17-7-11-19(22-3)12-8-17)18-9-13-20(23-4)14-10-18/h7-14H,5-6,15-16H2,1-4H3. The maximum atomic E-state index is 5.32. The predicted molar refractivity (Wildman–Crippen MR) is 96.6 cm³/mol. The normalized spacial score (nSPS) is 11.3. The average Bonchev–Trinajstić information content (AvgIpc) is 2.61. The maximum absolute atomic E-state index is 5.32. The zero-order valence-corrected chi connectivity index (χ0v) is 14.8. The Bertz CT molecular complexity index is 529. The first kappa shape index (κ1) is 17.4. The Morgan fingerprint density at radius 2 is 1.00 bits per heavy atom. The van der Waals surface area contributed by atoms with Gasteiger partial charge < -0.3 is 9.47 Å². The molecule has 2 aromatic carbocycles. The van der Waals surface area contributed by atoms with Gasteiger partial charge in [-0.3, -0.25) is 0 Å². The summed E-state index contributed by atoms with van der Waals surface area (Å²) in [7, 11) is 3.42. The Morgan fingerprint density at radius 3 is 1.26 bits per heavy atom. The monoisotopic (exact) mass is 312 g/mol. The highest BCUT2D eigenvalue weighted by molar-refractivity contribution is 5.43. The van der Waals surface area contributed by atoms with E-state index >= 15 is 0 Å². The van der Waals surface area contributed by atoms with Crippen molar-refractivity contribution in [1.29, 1.82) is 0 Å². The predicted octanol–water partition coefficient (Wildman–Crippen LogP) is 5.59. The van der Waals surface area contributed by atoms with E-state index in [1.165, 1.54) is 11.1 Å². The van der Waals surface area contributed by atoms with Gasteiger partial charge in [0.25, 0.3) is 0 Å². The van der Waals surface area contributed by atoms with E-state index in [0.717, 1.165) is 37.2 Å². The molecule has 2 nitrogen and oxygen atoms in total. The van der Waals surface area contributed by atoms with Crippen molar-refractivity contribution in [2.75, 3.05) is 14.2 Å². The summed E-state index contributed by atoms with van der Waals surface area (Å²) in [4.78, 5) is 0. The molecule has 0 aliphatic carbocycles. The van der Waals surface area contributed by atoms with Gasteiger partial charge in [-0.15, -0.1) is 0 Å². The highest BCUT2D eigenvalue weighted by atomic mass is 16.5. The summed E-state index contributed by atoms with van der Waals surface area (Å²) in [6.45, 7) is 4.52. The number of rotatable bonds is 8. The van der Waals surface area contributed by atoms with Crippen molar-refractivity contribution in [3.05, 3.63) is 59.7 Å². The number of benzene rings is 2. The highest BCUT2D eigenvalue weighted by Crippen LogP contribution is 2.42. The minimum Gasteiger partial charge on any atom is -0.497 e. The largest absolute Gasteiger partial charge is 0.497 e. The summed E-state index contributed by atoms with van der Waals surface area (Å²) >= 11 is 0. The molecule has 0 N–H and O–H groups in total. The third-order valence-electron chi connectivity index (χ3n) is 4.64. The first-order chi connectivity index (χ1) is 11.2. The van der Waals surface area contributed by atoms with E-state index in [2.05, 4.69) is 62.4 Å². The maximum Gasteiger partial charge on any atom is 0.118 e. The Balaban J connectivity index is 2.51. The molecule has 124 valence electrons. The summed E-state index contributed by atoms with van der Waals surface area (Å²) in [6.07, 6.45) is 4.58. The molecule has 23 heavy (non-hydrogen) atoms. The fourth-order valence-electron chi connectivity index (χ4n) is 3.54. The summed E-state index contributed by atoms with van der Waals surface area (Å²) < 4.78 is 10.6. The summed E-state index contributed by atoms with van der Waals surface area (Å²) in [6, 6.07) is 17.1. The van der Waals surface area contributed by atoms with Gasteiger partial charge in [-0.25, -0.2) is 0 Å². The van der Waals surface area contributed by atoms with Crippen molar-refractivity contribution in [3.63, 3.8) is 0 Å². The summed E-state index contributed by atoms with van der Waals surface area (Å²) in [5.41, 5.74) is 2.79. The van der Waals surface area contributed by atoms with Gasteiger partial charge in [0.2, 0.25) is 0 Å². The lowest BCUT2D eigenvalue weighted by Crippen LogP contribution is -2.27. The smallest absolute Gasteiger partial charge is 0.118 e. The molecule has 0 aliphatic heterocycles. The minimum atomic E-state index is 0.0576. The van der Waals surface area contributed by atoms with Gasteiger partial charge in [-0.1, -0.05) is 51.0 Å². The van der Waals surface area contributed by atoms with Crippen LogP contribution in [-0.4, -0.2) is 14.2 Å². The SMILES string of the molecule is CCCC(CCC)(c1ccc(OC)cc1)c1ccc(OC)cc1. The second-order valence-corrected chi connectivity index (χ2v) is 6.04. The molecule has 2 rings (SSSR count). The Labute approximate surface area is 140 Å². The average molecular weight is 312 g/mol. The molecule has 0 fully saturated rings. The van der Waals surface area contributed by atoms with Gasteiger partial charge in [0.1, 0.15) is 11.5 Å². The Kier molecular flexibility index (Phi) is 6.09. The molecule has 0 spiro atoms. The van der Waals surface area contributed by atoms with E-state index in [1.54, 1.807) is 14.2 Å². The van der Waals surface area contributed by atoms with Crippen LogP contribution >= 0.6 is 0 Å². The third-order valence-corrected chi connectivity index (χ3v) is 4.64. The first-order valence-corrected chi connectivity index (χ1v) is 8.49. The molecule has 0 radical (unpaired) electrons. The van der Waals surface area contributed by atoms with Gasteiger partial charge in [0, 0.05) is 5.41 Å². The van der Waals surface area contributed by atoms with Crippen LogP contribution in [0.3, 0.4) is 0 Å². The summed E-state index contributed by atoms with van der Waals surface area (Å²) in [5, 5.41) is 0. The molecule has 0 atom stereocenters. The quantitative estimate of drug-likeness (QED) is 0.632. The van der Waals surface area contributed by atoms with Crippen LogP contribution in [0.1, 0.15) is 50.7 Å². The lowest BCUT2D eigenvalue weighted by molar-refractivity contribution is 0.406. The molecule has 0 heterocycles. The van der Waals surface area contributed by atoms with E-state index in [0.29, 0.717) is 0 Å². The minimum absolute atomic E-state index is 0.0576. The van der Waals surface area contributed by atoms with Gasteiger partial charge in [-0.05, 0) is 48.2 Å². The lowest BCUT2D eigenvalue weighted by Gasteiger charge is -2.35. The van der Waals surface area contributed by atoms with E-state index < -0.39 is 0 Å². The van der Waals surface area contributed by atoms with E-state index in [9.17, 15) is 0 Å². The lowest BCUT2D eigenvalue weighted by atomic mass is 9.68. The van der Waals surface area contributed by atoms with E-state index in [4.69, 9.17) is 9.47 Å². The van der Waals surface area contributed by atoms with E-state index in [1.807, 2.05) is 0 Å². The molecule has 0 saturated heterocycles. The first-order valence-electron chi connectivity index (χ1n) is 8.49. The van der Waals surface area contributed by atoms with Crippen LogP contribution < -0.4 is 9.47 Å². The zero-order chi connectivity index (χ0) is 16.7. The van der Waals surface area contributed by atoms with Gasteiger partial charge in [0.15, 0.2) is 0 Å². The topological polar surface area (TPSA) is 18.5 Å². The second kappa shape index (κ2) is 8.05. The number of hydrogen-bond donors (Lipinski definition) is 0. The molecule has 2 heteroatoms. The number of hydrogen-bond acceptors (Lipinski definition) is 2. The van der Waals surface area contributed by atoms with Crippen molar-refractivity contribution in [2.24, 2.45) is 0 Å². The van der Waals surface area contributed by atoms with Crippen LogP contribution in [0, 0.1) is 0 Å². The summed E-state index contributed by atoms with van der Waals surface area (Å²) in [5.74, 6) is 1.82. The molecule has 0 saturated carbocycles. The van der Waals surface area contributed by atoms with Gasteiger partial charge in [-0.2, -0.15) is 0 Å². The number of methoxy groups -OCH3 is 2. The molecule has 0 bridgehead atoms. The van der Waals surface area contributed by atoms with Crippen molar-refractivity contribution in [1.82, 2.24) is 0 Å². The molecule has 0 unspecified atom stereocenters. The third kappa shape index (κ3) is 3.69. The van der Waals surface area contributed by atoms with Crippen molar-refractivity contribution in [3.8, 4) is 11.5 Å². The fourth-order valence-corrected chi connectivity index (χ4v) is 3.54.